The number of fused-ring (bicyclic) bond motifs is 1. The number of aryl methyl sites for hydroxylation is 2. The minimum atomic E-state index is 0.471. The molecule has 74 valence electrons. The fourth-order valence-corrected chi connectivity index (χ4v) is 1.53. The Labute approximate surface area is 83.8 Å². The summed E-state index contributed by atoms with van der Waals surface area (Å²) in [6, 6.07) is 4.10. The number of hydrogen-bond acceptors (Lipinski definition) is 2. The molecular formula is C11H15N3. The highest BCUT2D eigenvalue weighted by Gasteiger charge is 2.08. The molecule has 0 fully saturated rings. The van der Waals surface area contributed by atoms with E-state index in [2.05, 4.69) is 30.0 Å². The highest BCUT2D eigenvalue weighted by atomic mass is 15.3. The van der Waals surface area contributed by atoms with E-state index >= 15 is 0 Å². The molecule has 14 heavy (non-hydrogen) atoms. The smallest absolute Gasteiger partial charge is 0.112 e. The van der Waals surface area contributed by atoms with E-state index in [-0.39, 0.29) is 0 Å². The molecule has 2 aromatic rings. The lowest BCUT2D eigenvalue weighted by Crippen LogP contribution is -1.93. The van der Waals surface area contributed by atoms with Crippen molar-refractivity contribution in [2.45, 2.75) is 26.7 Å². The topological polar surface area (TPSA) is 30.7 Å². The van der Waals surface area contributed by atoms with E-state index < -0.39 is 0 Å². The molecule has 0 spiro atoms. The number of hydrogen-bond donors (Lipinski definition) is 0. The average Bonchev–Trinajstić information content (AvgIpc) is 2.43. The lowest BCUT2D eigenvalue weighted by molar-refractivity contribution is 0.750. The first-order chi connectivity index (χ1) is 6.59. The second-order valence-electron chi connectivity index (χ2n) is 3.97. The van der Waals surface area contributed by atoms with Crippen molar-refractivity contribution in [3.8, 4) is 0 Å². The van der Waals surface area contributed by atoms with Crippen LogP contribution < -0.4 is 0 Å². The largest absolute Gasteiger partial charge is 0.270 e. The molecule has 0 aliphatic rings. The molecule has 0 saturated heterocycles. The van der Waals surface area contributed by atoms with Crippen molar-refractivity contribution in [1.82, 2.24) is 14.8 Å². The van der Waals surface area contributed by atoms with Gasteiger partial charge in [-0.2, -0.15) is 5.10 Å². The first kappa shape index (κ1) is 9.19. The minimum absolute atomic E-state index is 0.471. The molecule has 0 bridgehead atoms. The Bertz CT molecular complexity index is 469. The molecule has 0 saturated carbocycles. The number of rotatable bonds is 1. The van der Waals surface area contributed by atoms with Crippen LogP contribution in [0.3, 0.4) is 0 Å². The van der Waals surface area contributed by atoms with Crippen molar-refractivity contribution in [1.29, 1.82) is 0 Å². The molecule has 3 nitrogen and oxygen atoms in total. The highest BCUT2D eigenvalue weighted by molar-refractivity contribution is 5.76. The summed E-state index contributed by atoms with van der Waals surface area (Å²) in [7, 11) is 1.95. The van der Waals surface area contributed by atoms with Gasteiger partial charge in [0, 0.05) is 12.7 Å². The molecule has 0 aliphatic heterocycles. The van der Waals surface area contributed by atoms with Gasteiger partial charge >= 0.3 is 0 Å². The van der Waals surface area contributed by atoms with Crippen LogP contribution in [0.5, 0.6) is 0 Å². The van der Waals surface area contributed by atoms with E-state index in [1.807, 2.05) is 24.7 Å². The van der Waals surface area contributed by atoms with Crippen molar-refractivity contribution >= 4 is 11.0 Å². The molecule has 2 rings (SSSR count). The maximum atomic E-state index is 4.61. The van der Waals surface area contributed by atoms with Gasteiger partial charge in [-0.15, -0.1) is 0 Å². The van der Waals surface area contributed by atoms with Crippen molar-refractivity contribution < 1.29 is 0 Å². The second-order valence-corrected chi connectivity index (χ2v) is 3.97. The van der Waals surface area contributed by atoms with Gasteiger partial charge in [-0.05, 0) is 25.0 Å². The second kappa shape index (κ2) is 3.08. The van der Waals surface area contributed by atoms with Gasteiger partial charge in [0.05, 0.1) is 5.69 Å². The molecule has 0 atom stereocenters. The Morgan fingerprint density at radius 2 is 2.00 bits per heavy atom. The summed E-state index contributed by atoms with van der Waals surface area (Å²) in [6.45, 7) is 6.35. The van der Waals surface area contributed by atoms with Gasteiger partial charge in [-0.25, -0.2) is 4.98 Å². The third-order valence-corrected chi connectivity index (χ3v) is 2.57. The normalized spacial score (nSPS) is 11.5. The molecular weight excluding hydrogens is 174 g/mol. The lowest BCUT2D eigenvalue weighted by Gasteiger charge is -2.02. The highest BCUT2D eigenvalue weighted by Crippen LogP contribution is 2.18. The summed E-state index contributed by atoms with van der Waals surface area (Å²) in [5.74, 6) is 0.471. The van der Waals surface area contributed by atoms with Crippen LogP contribution in [0, 0.1) is 6.92 Å². The Hall–Kier alpha value is -1.38. The molecule has 0 aliphatic carbocycles. The molecule has 0 unspecified atom stereocenters. The monoisotopic (exact) mass is 189 g/mol. The van der Waals surface area contributed by atoms with Crippen molar-refractivity contribution in [2.24, 2.45) is 7.05 Å². The molecule has 2 heterocycles. The summed E-state index contributed by atoms with van der Waals surface area (Å²) < 4.78 is 1.88. The zero-order valence-electron chi connectivity index (χ0n) is 9.07. The molecule has 0 amide bonds. The fraction of sp³-hybridized carbons (Fsp3) is 0.455. The zero-order valence-corrected chi connectivity index (χ0v) is 9.07. The molecule has 3 heteroatoms. The first-order valence-electron chi connectivity index (χ1n) is 4.90. The summed E-state index contributed by atoms with van der Waals surface area (Å²) >= 11 is 0. The standard InChI is InChI=1S/C11H15N3/c1-7(2)9-5-6-10-11(12-9)8(3)14(4)13-10/h5-7H,1-4H3. The van der Waals surface area contributed by atoms with Gasteiger partial charge in [0.1, 0.15) is 11.0 Å². The van der Waals surface area contributed by atoms with Gasteiger partial charge < -0.3 is 0 Å². The third kappa shape index (κ3) is 1.29. The van der Waals surface area contributed by atoms with Crippen LogP contribution in [0.25, 0.3) is 11.0 Å². The Morgan fingerprint density at radius 1 is 1.29 bits per heavy atom. The summed E-state index contributed by atoms with van der Waals surface area (Å²) in [4.78, 5) is 4.61. The number of aromatic nitrogens is 3. The fourth-order valence-electron chi connectivity index (χ4n) is 1.53. The van der Waals surface area contributed by atoms with E-state index in [4.69, 9.17) is 0 Å². The summed E-state index contributed by atoms with van der Waals surface area (Å²) in [5.41, 5.74) is 4.27. The summed E-state index contributed by atoms with van der Waals surface area (Å²) in [6.07, 6.45) is 0. The number of nitrogens with zero attached hydrogens (tertiary/aromatic N) is 3. The Morgan fingerprint density at radius 3 is 2.64 bits per heavy atom. The maximum absolute atomic E-state index is 4.61. The Kier molecular flexibility index (Phi) is 2.02. The Balaban J connectivity index is 2.69. The predicted octanol–water partition coefficient (Wildman–Crippen LogP) is 2.40. The predicted molar refractivity (Wildman–Crippen MR) is 57.3 cm³/mol. The van der Waals surface area contributed by atoms with E-state index in [9.17, 15) is 0 Å². The van der Waals surface area contributed by atoms with Gasteiger partial charge in [0.25, 0.3) is 0 Å². The molecule has 0 aromatic carbocycles. The van der Waals surface area contributed by atoms with Crippen LogP contribution in [-0.4, -0.2) is 14.8 Å². The molecule has 0 N–H and O–H groups in total. The average molecular weight is 189 g/mol. The van der Waals surface area contributed by atoms with Crippen LogP contribution >= 0.6 is 0 Å². The van der Waals surface area contributed by atoms with Gasteiger partial charge in [-0.1, -0.05) is 13.8 Å². The van der Waals surface area contributed by atoms with Crippen LogP contribution in [0.2, 0.25) is 0 Å². The minimum Gasteiger partial charge on any atom is -0.270 e. The van der Waals surface area contributed by atoms with Gasteiger partial charge in [0.2, 0.25) is 0 Å². The van der Waals surface area contributed by atoms with Crippen molar-refractivity contribution in [3.63, 3.8) is 0 Å². The SMILES string of the molecule is Cc1c2nc(C(C)C)ccc2nn1C. The number of pyridine rings is 1. The quantitative estimate of drug-likeness (QED) is 0.689. The van der Waals surface area contributed by atoms with E-state index in [1.54, 1.807) is 0 Å². The molecule has 0 radical (unpaired) electrons. The van der Waals surface area contributed by atoms with Crippen molar-refractivity contribution in [3.05, 3.63) is 23.5 Å². The van der Waals surface area contributed by atoms with Gasteiger partial charge in [0.15, 0.2) is 0 Å². The third-order valence-electron chi connectivity index (χ3n) is 2.57. The summed E-state index contributed by atoms with van der Waals surface area (Å²) in [5, 5.41) is 4.37. The van der Waals surface area contributed by atoms with E-state index in [1.165, 1.54) is 0 Å². The zero-order chi connectivity index (χ0) is 10.3. The van der Waals surface area contributed by atoms with Crippen molar-refractivity contribution in [2.75, 3.05) is 0 Å². The van der Waals surface area contributed by atoms with Crippen LogP contribution in [0.1, 0.15) is 31.2 Å². The van der Waals surface area contributed by atoms with Crippen LogP contribution in [-0.2, 0) is 7.05 Å². The van der Waals surface area contributed by atoms with E-state index in [0.29, 0.717) is 5.92 Å². The van der Waals surface area contributed by atoms with Crippen LogP contribution in [0.15, 0.2) is 12.1 Å². The first-order valence-corrected chi connectivity index (χ1v) is 4.90. The molecule has 2 aromatic heterocycles. The van der Waals surface area contributed by atoms with Crippen LogP contribution in [0.4, 0.5) is 0 Å². The maximum Gasteiger partial charge on any atom is 0.112 e. The van der Waals surface area contributed by atoms with Gasteiger partial charge in [-0.3, -0.25) is 4.68 Å². The lowest BCUT2D eigenvalue weighted by atomic mass is 10.1. The van der Waals surface area contributed by atoms with E-state index in [0.717, 1.165) is 22.4 Å².